The summed E-state index contributed by atoms with van der Waals surface area (Å²) >= 11 is 6.62. The highest BCUT2D eigenvalue weighted by Gasteiger charge is 2.70. The van der Waals surface area contributed by atoms with E-state index in [-0.39, 0.29) is 28.1 Å². The minimum Gasteiger partial charge on any atom is -0.497 e. The number of carbonyl (C=O) groups excluding carboxylic acids is 3. The van der Waals surface area contributed by atoms with E-state index in [1.807, 2.05) is 66.4 Å². The number of benzene rings is 4. The highest BCUT2D eigenvalue weighted by Crippen LogP contribution is 2.59. The van der Waals surface area contributed by atoms with Crippen molar-refractivity contribution in [2.75, 3.05) is 17.3 Å². The van der Waals surface area contributed by atoms with Gasteiger partial charge in [-0.1, -0.05) is 78.3 Å². The molecule has 0 unspecified atom stereocenters. The number of halogens is 1. The van der Waals surface area contributed by atoms with Crippen molar-refractivity contribution in [3.8, 4) is 5.75 Å². The molecule has 0 radical (unpaired) electrons. The fourth-order valence-electron chi connectivity index (χ4n) is 7.16. The maximum absolute atomic E-state index is 14.9. The van der Waals surface area contributed by atoms with Crippen LogP contribution in [-0.2, 0) is 10.2 Å². The van der Waals surface area contributed by atoms with Gasteiger partial charge in [-0.3, -0.25) is 14.4 Å². The number of nitrogens with one attached hydrogen (secondary N) is 1. The number of para-hydroxylation sites is 2. The average molecular weight is 575 g/mol. The molecule has 3 aliphatic rings. The number of methoxy groups -OCH3 is 1. The van der Waals surface area contributed by atoms with Crippen molar-refractivity contribution >= 4 is 46.0 Å². The molecule has 7 heteroatoms. The Labute approximate surface area is 248 Å². The van der Waals surface area contributed by atoms with Crippen LogP contribution in [0, 0.1) is 5.92 Å². The monoisotopic (exact) mass is 574 g/mol. The standard InChI is InChI=1S/C35H27ClN2O4/c1-20-18-29-35(25-14-5-7-16-27(25)37-34(35)41)30(33(40)24-13-3-6-15-26(24)36)31(38(29)28-17-8-4-12-23(20)28)32(39)21-10-9-11-22(19-21)42-2/h3-19,29-31H,1-2H3,(H,37,41)/t29-,30+,31-,35+/m1/s1. The predicted molar refractivity (Wildman–Crippen MR) is 163 cm³/mol. The molecule has 0 aliphatic carbocycles. The number of carbonyl (C=O) groups is 3. The Morgan fingerprint density at radius 2 is 1.64 bits per heavy atom. The third-order valence-corrected chi connectivity index (χ3v) is 9.26. The lowest BCUT2D eigenvalue weighted by atomic mass is 9.64. The summed E-state index contributed by atoms with van der Waals surface area (Å²) in [6, 6.07) is 27.4. The number of Topliss-reactive ketones (excluding diaryl/α,β-unsaturated/α-hetero) is 2. The molecule has 4 aromatic carbocycles. The Morgan fingerprint density at radius 1 is 0.905 bits per heavy atom. The Balaban J connectivity index is 1.56. The second kappa shape index (κ2) is 9.71. The first kappa shape index (κ1) is 26.2. The van der Waals surface area contributed by atoms with Gasteiger partial charge < -0.3 is 15.0 Å². The minimum atomic E-state index is -1.40. The van der Waals surface area contributed by atoms with Crippen LogP contribution in [-0.4, -0.2) is 36.7 Å². The Hall–Kier alpha value is -4.68. The summed E-state index contributed by atoms with van der Waals surface area (Å²) in [5.41, 5.74) is 3.32. The van der Waals surface area contributed by atoms with E-state index in [2.05, 4.69) is 5.32 Å². The topological polar surface area (TPSA) is 75.7 Å². The summed E-state index contributed by atoms with van der Waals surface area (Å²) in [4.78, 5) is 46.2. The van der Waals surface area contributed by atoms with Gasteiger partial charge in [-0.25, -0.2) is 0 Å². The second-order valence-electron chi connectivity index (χ2n) is 11.0. The van der Waals surface area contributed by atoms with Gasteiger partial charge >= 0.3 is 0 Å². The van der Waals surface area contributed by atoms with Gasteiger partial charge in [-0.2, -0.15) is 0 Å². The van der Waals surface area contributed by atoms with Gasteiger partial charge in [0.15, 0.2) is 11.6 Å². The molecule has 6 nitrogen and oxygen atoms in total. The number of amides is 1. The minimum absolute atomic E-state index is 0.272. The van der Waals surface area contributed by atoms with Gasteiger partial charge in [0.2, 0.25) is 5.91 Å². The molecule has 4 atom stereocenters. The molecule has 0 saturated carbocycles. The molecule has 208 valence electrons. The van der Waals surface area contributed by atoms with Crippen molar-refractivity contribution in [1.82, 2.24) is 0 Å². The van der Waals surface area contributed by atoms with Crippen LogP contribution in [0.4, 0.5) is 11.4 Å². The van der Waals surface area contributed by atoms with E-state index in [0.717, 1.165) is 16.8 Å². The van der Waals surface area contributed by atoms with E-state index in [4.69, 9.17) is 16.3 Å². The summed E-state index contributed by atoms with van der Waals surface area (Å²) < 4.78 is 5.44. The number of ketones is 2. The van der Waals surface area contributed by atoms with E-state index in [1.165, 1.54) is 0 Å². The summed E-state index contributed by atoms with van der Waals surface area (Å²) in [7, 11) is 1.54. The van der Waals surface area contributed by atoms with Crippen molar-refractivity contribution in [3.63, 3.8) is 0 Å². The Morgan fingerprint density at radius 3 is 2.45 bits per heavy atom. The lowest BCUT2D eigenvalue weighted by Gasteiger charge is -2.39. The van der Waals surface area contributed by atoms with E-state index in [9.17, 15) is 14.4 Å². The molecule has 0 bridgehead atoms. The molecule has 1 N–H and O–H groups in total. The van der Waals surface area contributed by atoms with Crippen LogP contribution >= 0.6 is 11.6 Å². The van der Waals surface area contributed by atoms with Crippen LogP contribution in [0.3, 0.4) is 0 Å². The number of nitrogens with zero attached hydrogens (tertiary/aromatic N) is 1. The van der Waals surface area contributed by atoms with E-state index in [1.54, 1.807) is 55.6 Å². The van der Waals surface area contributed by atoms with Gasteiger partial charge in [0.05, 0.1) is 24.1 Å². The average Bonchev–Trinajstić information content (AvgIpc) is 3.49. The maximum atomic E-state index is 14.9. The lowest BCUT2D eigenvalue weighted by molar-refractivity contribution is -0.121. The van der Waals surface area contributed by atoms with Crippen molar-refractivity contribution in [2.45, 2.75) is 24.4 Å². The van der Waals surface area contributed by atoms with E-state index >= 15 is 0 Å². The second-order valence-corrected chi connectivity index (χ2v) is 11.4. The Bertz CT molecular complexity index is 1830. The molecular weight excluding hydrogens is 548 g/mol. The number of fused-ring (bicyclic) bond motifs is 6. The van der Waals surface area contributed by atoms with Crippen molar-refractivity contribution in [2.24, 2.45) is 5.92 Å². The summed E-state index contributed by atoms with van der Waals surface area (Å²) in [5, 5.41) is 3.33. The number of hydrogen-bond donors (Lipinski definition) is 1. The lowest BCUT2D eigenvalue weighted by Crippen LogP contribution is -2.51. The van der Waals surface area contributed by atoms with Crippen LogP contribution in [0.15, 0.2) is 103 Å². The Kier molecular flexibility index (Phi) is 6.06. The molecular formula is C35H27ClN2O4. The molecule has 1 amide bonds. The summed E-state index contributed by atoms with van der Waals surface area (Å²) in [6.07, 6.45) is 2.04. The molecule has 1 saturated heterocycles. The predicted octanol–water partition coefficient (Wildman–Crippen LogP) is 6.59. The van der Waals surface area contributed by atoms with Crippen LogP contribution in [0.2, 0.25) is 5.02 Å². The van der Waals surface area contributed by atoms with Gasteiger partial charge in [-0.15, -0.1) is 0 Å². The van der Waals surface area contributed by atoms with Crippen molar-refractivity contribution < 1.29 is 19.1 Å². The fraction of sp³-hybridized carbons (Fsp3) is 0.171. The number of rotatable bonds is 5. The number of ether oxygens (including phenoxy) is 1. The van der Waals surface area contributed by atoms with Crippen molar-refractivity contribution in [1.29, 1.82) is 0 Å². The zero-order valence-electron chi connectivity index (χ0n) is 23.0. The molecule has 1 spiro atoms. The van der Waals surface area contributed by atoms with Gasteiger partial charge in [0.25, 0.3) is 0 Å². The zero-order chi connectivity index (χ0) is 29.2. The number of anilines is 2. The molecule has 3 aliphatic heterocycles. The smallest absolute Gasteiger partial charge is 0.238 e. The maximum Gasteiger partial charge on any atom is 0.238 e. The molecule has 0 aromatic heterocycles. The first-order chi connectivity index (χ1) is 20.4. The van der Waals surface area contributed by atoms with Crippen LogP contribution in [0.1, 0.15) is 38.8 Å². The largest absolute Gasteiger partial charge is 0.497 e. The SMILES string of the molecule is COc1cccc(C(=O)[C@H]2[C@@H](C(=O)c3ccccc3Cl)[C@@]3(C(=O)Nc4ccccc43)[C@H]3C=C(C)c4ccccc4N23)c1. The van der Waals surface area contributed by atoms with Crippen molar-refractivity contribution in [3.05, 3.63) is 130 Å². The highest BCUT2D eigenvalue weighted by molar-refractivity contribution is 6.34. The van der Waals surface area contributed by atoms with Crippen LogP contribution < -0.4 is 15.0 Å². The molecule has 42 heavy (non-hydrogen) atoms. The van der Waals surface area contributed by atoms with E-state index < -0.39 is 23.4 Å². The zero-order valence-corrected chi connectivity index (χ0v) is 23.8. The van der Waals surface area contributed by atoms with E-state index in [0.29, 0.717) is 22.6 Å². The first-order valence-electron chi connectivity index (χ1n) is 13.8. The summed E-state index contributed by atoms with van der Waals surface area (Å²) in [6.45, 7) is 2.00. The highest BCUT2D eigenvalue weighted by atomic mass is 35.5. The quantitative estimate of drug-likeness (QED) is 0.272. The van der Waals surface area contributed by atoms with Gasteiger partial charge in [-0.05, 0) is 54.5 Å². The van der Waals surface area contributed by atoms with Crippen LogP contribution in [0.25, 0.3) is 5.57 Å². The third kappa shape index (κ3) is 3.55. The number of hydrogen-bond acceptors (Lipinski definition) is 5. The normalized spacial score (nSPS) is 23.5. The molecule has 3 heterocycles. The fourth-order valence-corrected chi connectivity index (χ4v) is 7.39. The molecule has 4 aromatic rings. The molecule has 7 rings (SSSR count). The van der Waals surface area contributed by atoms with Gasteiger partial charge in [0, 0.05) is 28.1 Å². The first-order valence-corrected chi connectivity index (χ1v) is 14.2. The summed E-state index contributed by atoms with van der Waals surface area (Å²) in [5.74, 6) is -1.51. The molecule has 1 fully saturated rings. The number of allylic oxidation sites excluding steroid dienone is 1. The van der Waals surface area contributed by atoms with Gasteiger partial charge in [0.1, 0.15) is 17.2 Å². The third-order valence-electron chi connectivity index (χ3n) is 8.93. The van der Waals surface area contributed by atoms with Crippen LogP contribution in [0.5, 0.6) is 5.75 Å².